The summed E-state index contributed by atoms with van der Waals surface area (Å²) in [6.07, 6.45) is 0. The SMILES string of the molecule is CONCc1cc(Cl)c(OC)cc1C. The minimum absolute atomic E-state index is 0.617. The summed E-state index contributed by atoms with van der Waals surface area (Å²) in [5, 5.41) is 0.617. The van der Waals surface area contributed by atoms with Gasteiger partial charge in [0.1, 0.15) is 5.75 Å². The van der Waals surface area contributed by atoms with Crippen molar-refractivity contribution in [1.29, 1.82) is 0 Å². The molecule has 1 aromatic carbocycles. The molecule has 3 nitrogen and oxygen atoms in total. The zero-order valence-electron chi connectivity index (χ0n) is 8.56. The van der Waals surface area contributed by atoms with Crippen molar-refractivity contribution in [2.45, 2.75) is 13.5 Å². The van der Waals surface area contributed by atoms with Gasteiger partial charge in [0.15, 0.2) is 0 Å². The maximum Gasteiger partial charge on any atom is 0.137 e. The number of methoxy groups -OCH3 is 1. The Morgan fingerprint density at radius 2 is 2.07 bits per heavy atom. The molecule has 78 valence electrons. The number of rotatable bonds is 4. The van der Waals surface area contributed by atoms with E-state index < -0.39 is 0 Å². The summed E-state index contributed by atoms with van der Waals surface area (Å²) in [5.41, 5.74) is 4.99. The van der Waals surface area contributed by atoms with E-state index in [9.17, 15) is 0 Å². The Morgan fingerprint density at radius 1 is 1.36 bits per heavy atom. The van der Waals surface area contributed by atoms with Gasteiger partial charge in [-0.1, -0.05) is 11.6 Å². The molecule has 0 bridgehead atoms. The third-order valence-corrected chi connectivity index (χ3v) is 2.31. The number of ether oxygens (including phenoxy) is 1. The Hall–Kier alpha value is -0.770. The van der Waals surface area contributed by atoms with Crippen LogP contribution in [0, 0.1) is 6.92 Å². The van der Waals surface area contributed by atoms with Gasteiger partial charge in [0, 0.05) is 6.54 Å². The van der Waals surface area contributed by atoms with E-state index in [-0.39, 0.29) is 0 Å². The molecule has 0 atom stereocenters. The van der Waals surface area contributed by atoms with E-state index in [0.717, 1.165) is 11.1 Å². The molecule has 0 aliphatic carbocycles. The molecule has 0 amide bonds. The normalized spacial score (nSPS) is 10.3. The molecule has 0 unspecified atom stereocenters. The van der Waals surface area contributed by atoms with Crippen LogP contribution in [-0.2, 0) is 11.4 Å². The molecule has 0 spiro atoms. The molecule has 0 saturated carbocycles. The number of nitrogens with one attached hydrogen (secondary N) is 1. The minimum atomic E-state index is 0.617. The van der Waals surface area contributed by atoms with Crippen LogP contribution in [0.3, 0.4) is 0 Å². The lowest BCUT2D eigenvalue weighted by Gasteiger charge is -2.10. The molecule has 0 radical (unpaired) electrons. The third-order valence-electron chi connectivity index (χ3n) is 2.02. The zero-order valence-corrected chi connectivity index (χ0v) is 9.31. The molecule has 0 saturated heterocycles. The Labute approximate surface area is 88.9 Å². The average molecular weight is 216 g/mol. The average Bonchev–Trinajstić information content (AvgIpc) is 2.18. The van der Waals surface area contributed by atoms with E-state index in [1.165, 1.54) is 0 Å². The lowest BCUT2D eigenvalue weighted by atomic mass is 10.1. The van der Waals surface area contributed by atoms with Crippen LogP contribution in [0.1, 0.15) is 11.1 Å². The molecular weight excluding hydrogens is 202 g/mol. The Kier molecular flexibility index (Phi) is 4.20. The highest BCUT2D eigenvalue weighted by Gasteiger charge is 2.05. The molecule has 0 fully saturated rings. The quantitative estimate of drug-likeness (QED) is 0.782. The van der Waals surface area contributed by atoms with Gasteiger partial charge in [0.2, 0.25) is 0 Å². The van der Waals surface area contributed by atoms with Crippen LogP contribution in [0.15, 0.2) is 12.1 Å². The third kappa shape index (κ3) is 2.61. The van der Waals surface area contributed by atoms with Crippen LogP contribution in [0.4, 0.5) is 0 Å². The summed E-state index contributed by atoms with van der Waals surface area (Å²) in [5.74, 6) is 0.699. The molecule has 0 aliphatic rings. The molecule has 0 aliphatic heterocycles. The van der Waals surface area contributed by atoms with Crippen molar-refractivity contribution in [3.63, 3.8) is 0 Å². The standard InChI is InChI=1S/C10H14ClNO2/c1-7-4-10(13-2)9(11)5-8(7)6-12-14-3/h4-5,12H,6H2,1-3H3. The zero-order chi connectivity index (χ0) is 10.6. The Balaban J connectivity index is 2.90. The molecule has 1 aromatic rings. The van der Waals surface area contributed by atoms with Crippen LogP contribution in [-0.4, -0.2) is 14.2 Å². The van der Waals surface area contributed by atoms with Crippen molar-refractivity contribution >= 4 is 11.6 Å². The smallest absolute Gasteiger partial charge is 0.137 e. The van der Waals surface area contributed by atoms with Crippen LogP contribution < -0.4 is 10.2 Å². The number of benzene rings is 1. The second-order valence-corrected chi connectivity index (χ2v) is 3.35. The highest BCUT2D eigenvalue weighted by molar-refractivity contribution is 6.32. The van der Waals surface area contributed by atoms with Gasteiger partial charge < -0.3 is 9.57 Å². The lowest BCUT2D eigenvalue weighted by Crippen LogP contribution is -2.11. The van der Waals surface area contributed by atoms with E-state index >= 15 is 0 Å². The summed E-state index contributed by atoms with van der Waals surface area (Å²) >= 11 is 5.99. The number of hydroxylamine groups is 1. The van der Waals surface area contributed by atoms with E-state index in [2.05, 4.69) is 5.48 Å². The van der Waals surface area contributed by atoms with Crippen molar-refractivity contribution < 1.29 is 9.57 Å². The van der Waals surface area contributed by atoms with Gasteiger partial charge in [-0.2, -0.15) is 5.48 Å². The summed E-state index contributed by atoms with van der Waals surface area (Å²) < 4.78 is 5.10. The van der Waals surface area contributed by atoms with Crippen molar-refractivity contribution in [1.82, 2.24) is 5.48 Å². The summed E-state index contributed by atoms with van der Waals surface area (Å²) in [6.45, 7) is 2.64. The maximum absolute atomic E-state index is 5.99. The number of halogens is 1. The first-order chi connectivity index (χ1) is 6.69. The van der Waals surface area contributed by atoms with Crippen molar-refractivity contribution in [3.05, 3.63) is 28.3 Å². The van der Waals surface area contributed by atoms with Gasteiger partial charge >= 0.3 is 0 Å². The van der Waals surface area contributed by atoms with E-state index in [1.807, 2.05) is 19.1 Å². The van der Waals surface area contributed by atoms with Gasteiger partial charge in [-0.3, -0.25) is 0 Å². The first-order valence-electron chi connectivity index (χ1n) is 4.28. The summed E-state index contributed by atoms with van der Waals surface area (Å²) in [7, 11) is 3.19. The monoisotopic (exact) mass is 215 g/mol. The predicted molar refractivity (Wildman–Crippen MR) is 56.6 cm³/mol. The topological polar surface area (TPSA) is 30.5 Å². The largest absolute Gasteiger partial charge is 0.495 e. The highest BCUT2D eigenvalue weighted by Crippen LogP contribution is 2.27. The summed E-state index contributed by atoms with van der Waals surface area (Å²) in [6, 6.07) is 3.79. The minimum Gasteiger partial charge on any atom is -0.495 e. The number of hydrogen-bond donors (Lipinski definition) is 1. The fourth-order valence-electron chi connectivity index (χ4n) is 1.19. The number of aryl methyl sites for hydroxylation is 1. The van der Waals surface area contributed by atoms with Crippen LogP contribution in [0.5, 0.6) is 5.75 Å². The fraction of sp³-hybridized carbons (Fsp3) is 0.400. The molecular formula is C10H14ClNO2. The van der Waals surface area contributed by atoms with Crippen molar-refractivity contribution in [2.24, 2.45) is 0 Å². The van der Waals surface area contributed by atoms with Crippen LogP contribution in [0.25, 0.3) is 0 Å². The molecule has 1 rings (SSSR count). The highest BCUT2D eigenvalue weighted by atomic mass is 35.5. The summed E-state index contributed by atoms with van der Waals surface area (Å²) in [4.78, 5) is 4.77. The number of hydrogen-bond acceptors (Lipinski definition) is 3. The second-order valence-electron chi connectivity index (χ2n) is 2.94. The van der Waals surface area contributed by atoms with Gasteiger partial charge in [-0.25, -0.2) is 0 Å². The lowest BCUT2D eigenvalue weighted by molar-refractivity contribution is 0.0866. The van der Waals surface area contributed by atoms with Crippen molar-refractivity contribution in [3.8, 4) is 5.75 Å². The van der Waals surface area contributed by atoms with Gasteiger partial charge in [0.05, 0.1) is 19.2 Å². The van der Waals surface area contributed by atoms with E-state index in [4.69, 9.17) is 21.2 Å². The molecule has 14 heavy (non-hydrogen) atoms. The first-order valence-corrected chi connectivity index (χ1v) is 4.65. The fourth-order valence-corrected chi connectivity index (χ4v) is 1.46. The Bertz CT molecular complexity index is 315. The molecule has 0 heterocycles. The van der Waals surface area contributed by atoms with Gasteiger partial charge in [-0.15, -0.1) is 0 Å². The van der Waals surface area contributed by atoms with Crippen LogP contribution in [0.2, 0.25) is 5.02 Å². The second kappa shape index (κ2) is 5.20. The first kappa shape index (κ1) is 11.3. The maximum atomic E-state index is 5.99. The van der Waals surface area contributed by atoms with Crippen LogP contribution >= 0.6 is 11.6 Å². The molecule has 1 N–H and O–H groups in total. The molecule has 0 aromatic heterocycles. The Morgan fingerprint density at radius 3 is 2.64 bits per heavy atom. The van der Waals surface area contributed by atoms with Gasteiger partial charge in [0.25, 0.3) is 0 Å². The van der Waals surface area contributed by atoms with E-state index in [1.54, 1.807) is 14.2 Å². The van der Waals surface area contributed by atoms with Gasteiger partial charge in [-0.05, 0) is 30.2 Å². The van der Waals surface area contributed by atoms with E-state index in [0.29, 0.717) is 17.3 Å². The predicted octanol–water partition coefficient (Wildman–Crippen LogP) is 2.31. The molecule has 4 heteroatoms. The van der Waals surface area contributed by atoms with Crippen molar-refractivity contribution in [2.75, 3.05) is 14.2 Å².